The van der Waals surface area contributed by atoms with Crippen LogP contribution in [0.15, 0.2) is 53.4 Å². The lowest BCUT2D eigenvalue weighted by atomic mass is 10.1. The molecule has 4 nitrogen and oxygen atoms in total. The molecule has 2 rings (SSSR count). The summed E-state index contributed by atoms with van der Waals surface area (Å²) in [4.78, 5) is 25.0. The maximum atomic E-state index is 12.0. The number of anilines is 1. The van der Waals surface area contributed by atoms with Gasteiger partial charge in [0.1, 0.15) is 5.25 Å². The van der Waals surface area contributed by atoms with Crippen molar-refractivity contribution < 1.29 is 14.3 Å². The van der Waals surface area contributed by atoms with Gasteiger partial charge in [-0.3, -0.25) is 9.59 Å². The van der Waals surface area contributed by atoms with E-state index < -0.39 is 5.97 Å². The van der Waals surface area contributed by atoms with Gasteiger partial charge < -0.3 is 10.1 Å². The highest BCUT2D eigenvalue weighted by molar-refractivity contribution is 8.00. The summed E-state index contributed by atoms with van der Waals surface area (Å²) in [6.07, 6.45) is 0. The van der Waals surface area contributed by atoms with Gasteiger partial charge in [0.25, 0.3) is 5.91 Å². The minimum Gasteiger partial charge on any atom is -0.455 e. The van der Waals surface area contributed by atoms with Crippen molar-refractivity contribution in [2.45, 2.75) is 30.9 Å². The molecule has 1 atom stereocenters. The molecule has 0 fully saturated rings. The van der Waals surface area contributed by atoms with Crippen molar-refractivity contribution >= 4 is 29.3 Å². The van der Waals surface area contributed by atoms with Gasteiger partial charge in [0.15, 0.2) is 6.61 Å². The van der Waals surface area contributed by atoms with Crippen LogP contribution in [-0.2, 0) is 14.3 Å². The Morgan fingerprint density at radius 2 is 1.83 bits per heavy atom. The third-order valence-electron chi connectivity index (χ3n) is 3.40. The molecule has 0 saturated heterocycles. The molecule has 5 heteroatoms. The first-order valence-electron chi connectivity index (χ1n) is 7.71. The molecular weight excluding hydrogens is 322 g/mol. The van der Waals surface area contributed by atoms with E-state index in [-0.39, 0.29) is 17.8 Å². The first kappa shape index (κ1) is 18.1. The Labute approximate surface area is 146 Å². The van der Waals surface area contributed by atoms with Crippen molar-refractivity contribution in [2.75, 3.05) is 11.9 Å². The van der Waals surface area contributed by atoms with Crippen molar-refractivity contribution in [2.24, 2.45) is 0 Å². The van der Waals surface area contributed by atoms with Gasteiger partial charge in [0.2, 0.25) is 0 Å². The fraction of sp³-hybridized carbons (Fsp3) is 0.263. The van der Waals surface area contributed by atoms with Crippen LogP contribution in [0.1, 0.15) is 18.1 Å². The van der Waals surface area contributed by atoms with Crippen LogP contribution in [0, 0.1) is 13.8 Å². The molecule has 0 spiro atoms. The van der Waals surface area contributed by atoms with E-state index in [9.17, 15) is 9.59 Å². The second-order valence-corrected chi connectivity index (χ2v) is 6.96. The van der Waals surface area contributed by atoms with E-state index in [1.807, 2.05) is 62.4 Å². The van der Waals surface area contributed by atoms with Crippen LogP contribution in [0.3, 0.4) is 0 Å². The Hall–Kier alpha value is -2.27. The van der Waals surface area contributed by atoms with E-state index in [1.54, 1.807) is 6.92 Å². The van der Waals surface area contributed by atoms with Gasteiger partial charge in [0.05, 0.1) is 0 Å². The van der Waals surface area contributed by atoms with Gasteiger partial charge in [-0.1, -0.05) is 30.3 Å². The highest BCUT2D eigenvalue weighted by atomic mass is 32.2. The molecule has 24 heavy (non-hydrogen) atoms. The normalized spacial score (nSPS) is 11.6. The lowest BCUT2D eigenvalue weighted by Gasteiger charge is -2.12. The lowest BCUT2D eigenvalue weighted by Crippen LogP contribution is -2.25. The van der Waals surface area contributed by atoms with Crippen molar-refractivity contribution in [3.8, 4) is 0 Å². The molecule has 0 saturated carbocycles. The van der Waals surface area contributed by atoms with Crippen LogP contribution in [0.2, 0.25) is 0 Å². The molecule has 0 heterocycles. The molecule has 0 unspecified atom stereocenters. The third-order valence-corrected chi connectivity index (χ3v) is 4.49. The second kappa shape index (κ2) is 8.55. The summed E-state index contributed by atoms with van der Waals surface area (Å²) in [5.74, 6) is -0.742. The number of aryl methyl sites for hydroxylation is 2. The maximum Gasteiger partial charge on any atom is 0.319 e. The molecule has 0 aliphatic heterocycles. The Bertz CT molecular complexity index is 716. The van der Waals surface area contributed by atoms with E-state index in [0.717, 1.165) is 21.7 Å². The number of benzene rings is 2. The second-order valence-electron chi connectivity index (χ2n) is 5.55. The fourth-order valence-corrected chi connectivity index (χ4v) is 2.95. The first-order valence-corrected chi connectivity index (χ1v) is 8.59. The van der Waals surface area contributed by atoms with Crippen molar-refractivity contribution in [3.05, 3.63) is 59.7 Å². The van der Waals surface area contributed by atoms with Gasteiger partial charge >= 0.3 is 5.97 Å². The summed E-state index contributed by atoms with van der Waals surface area (Å²) in [5.41, 5.74) is 2.76. The molecule has 0 radical (unpaired) electrons. The number of carbonyl (C=O) groups excluding carboxylic acids is 2. The third kappa shape index (κ3) is 5.42. The number of rotatable bonds is 6. The Morgan fingerprint density at radius 3 is 2.54 bits per heavy atom. The van der Waals surface area contributed by atoms with Gasteiger partial charge in [-0.2, -0.15) is 0 Å². The number of hydrogen-bond acceptors (Lipinski definition) is 4. The number of amides is 1. The maximum absolute atomic E-state index is 12.0. The smallest absolute Gasteiger partial charge is 0.319 e. The summed E-state index contributed by atoms with van der Waals surface area (Å²) in [7, 11) is 0. The molecule has 2 aromatic rings. The summed E-state index contributed by atoms with van der Waals surface area (Å²) in [5, 5.41) is 2.40. The van der Waals surface area contributed by atoms with Crippen molar-refractivity contribution in [1.29, 1.82) is 0 Å². The minimum atomic E-state index is -0.403. The monoisotopic (exact) mass is 343 g/mol. The van der Waals surface area contributed by atoms with E-state index >= 15 is 0 Å². The number of thioether (sulfide) groups is 1. The predicted octanol–water partition coefficient (Wildman–Crippen LogP) is 3.97. The summed E-state index contributed by atoms with van der Waals surface area (Å²) < 4.78 is 5.11. The van der Waals surface area contributed by atoms with E-state index in [4.69, 9.17) is 4.74 Å². The van der Waals surface area contributed by atoms with Crippen LogP contribution in [-0.4, -0.2) is 23.7 Å². The zero-order valence-electron chi connectivity index (χ0n) is 14.0. The molecule has 0 aliphatic rings. The summed E-state index contributed by atoms with van der Waals surface area (Å²) >= 11 is 1.41. The number of ether oxygens (including phenoxy) is 1. The average molecular weight is 343 g/mol. The molecule has 1 amide bonds. The molecule has 0 aliphatic carbocycles. The van der Waals surface area contributed by atoms with E-state index in [1.165, 1.54) is 11.8 Å². The Morgan fingerprint density at radius 1 is 1.12 bits per heavy atom. The SMILES string of the molecule is Cc1ccc(C)c(NC(=O)COC(=O)[C@@H](C)Sc2ccccc2)c1. The van der Waals surface area contributed by atoms with Gasteiger partial charge in [-0.25, -0.2) is 0 Å². The van der Waals surface area contributed by atoms with Crippen LogP contribution in [0.4, 0.5) is 5.69 Å². The standard InChI is InChI=1S/C19H21NO3S/c1-13-9-10-14(2)17(11-13)20-18(21)12-23-19(22)15(3)24-16-7-5-4-6-8-16/h4-11,15H,12H2,1-3H3,(H,20,21)/t15-/m1/s1. The van der Waals surface area contributed by atoms with Crippen LogP contribution in [0.5, 0.6) is 0 Å². The zero-order chi connectivity index (χ0) is 17.5. The van der Waals surface area contributed by atoms with Crippen molar-refractivity contribution in [1.82, 2.24) is 0 Å². The zero-order valence-corrected chi connectivity index (χ0v) is 14.9. The molecule has 1 N–H and O–H groups in total. The number of esters is 1. The summed E-state index contributed by atoms with van der Waals surface area (Å²) in [6, 6.07) is 15.4. The molecule has 0 aromatic heterocycles. The lowest BCUT2D eigenvalue weighted by molar-refractivity contribution is -0.146. The average Bonchev–Trinajstić information content (AvgIpc) is 2.57. The van der Waals surface area contributed by atoms with Gasteiger partial charge in [-0.15, -0.1) is 11.8 Å². The predicted molar refractivity (Wildman–Crippen MR) is 97.3 cm³/mol. The topological polar surface area (TPSA) is 55.4 Å². The van der Waals surface area contributed by atoms with Crippen molar-refractivity contribution in [3.63, 3.8) is 0 Å². The number of hydrogen-bond donors (Lipinski definition) is 1. The Kier molecular flexibility index (Phi) is 6.44. The molecule has 2 aromatic carbocycles. The fourth-order valence-electron chi connectivity index (χ4n) is 2.06. The number of carbonyl (C=O) groups is 2. The van der Waals surface area contributed by atoms with E-state index in [0.29, 0.717) is 0 Å². The highest BCUT2D eigenvalue weighted by Crippen LogP contribution is 2.23. The quantitative estimate of drug-likeness (QED) is 0.637. The summed E-state index contributed by atoms with van der Waals surface area (Å²) in [6.45, 7) is 5.35. The van der Waals surface area contributed by atoms with E-state index in [2.05, 4.69) is 5.32 Å². The van der Waals surface area contributed by atoms with Gasteiger partial charge in [-0.05, 0) is 50.1 Å². The van der Waals surface area contributed by atoms with Crippen LogP contribution < -0.4 is 5.32 Å². The first-order chi connectivity index (χ1) is 11.5. The largest absolute Gasteiger partial charge is 0.455 e. The van der Waals surface area contributed by atoms with Crippen LogP contribution in [0.25, 0.3) is 0 Å². The number of nitrogens with one attached hydrogen (secondary N) is 1. The minimum absolute atomic E-state index is 0.286. The Balaban J connectivity index is 1.82. The van der Waals surface area contributed by atoms with Crippen LogP contribution >= 0.6 is 11.8 Å². The molecule has 126 valence electrons. The highest BCUT2D eigenvalue weighted by Gasteiger charge is 2.17. The molecule has 0 bridgehead atoms. The molecular formula is C19H21NO3S. The van der Waals surface area contributed by atoms with Gasteiger partial charge in [0, 0.05) is 10.6 Å².